The zero-order chi connectivity index (χ0) is 30.0. The van der Waals surface area contributed by atoms with Crippen molar-refractivity contribution in [3.8, 4) is 0 Å². The molecule has 2 fully saturated rings. The van der Waals surface area contributed by atoms with Gasteiger partial charge in [0.2, 0.25) is 11.8 Å². The van der Waals surface area contributed by atoms with Crippen molar-refractivity contribution in [1.29, 1.82) is 0 Å². The van der Waals surface area contributed by atoms with E-state index in [1.807, 2.05) is 12.1 Å². The molecule has 0 bridgehead atoms. The lowest BCUT2D eigenvalue weighted by atomic mass is 9.97. The van der Waals surface area contributed by atoms with Gasteiger partial charge in [-0.2, -0.15) is 5.10 Å². The van der Waals surface area contributed by atoms with E-state index in [0.717, 1.165) is 21.2 Å². The van der Waals surface area contributed by atoms with Gasteiger partial charge >= 0.3 is 6.09 Å². The zero-order valence-electron chi connectivity index (χ0n) is 23.5. The quantitative estimate of drug-likeness (QED) is 0.464. The third-order valence-corrected chi connectivity index (χ3v) is 7.92. The van der Waals surface area contributed by atoms with E-state index in [2.05, 4.69) is 10.4 Å². The number of alkyl halides is 2. The summed E-state index contributed by atoms with van der Waals surface area (Å²) in [6.07, 6.45) is 3.20. The summed E-state index contributed by atoms with van der Waals surface area (Å²) in [6.45, 7) is 4.44. The molecular formula is C30H31F2N5O5. The number of benzene rings is 2. The summed E-state index contributed by atoms with van der Waals surface area (Å²) < 4.78 is 37.0. The third-order valence-electron chi connectivity index (χ3n) is 7.92. The number of aromatic nitrogens is 2. The van der Waals surface area contributed by atoms with Gasteiger partial charge in [0.25, 0.3) is 11.8 Å². The summed E-state index contributed by atoms with van der Waals surface area (Å²) in [5.74, 6) is -4.35. The van der Waals surface area contributed by atoms with Crippen molar-refractivity contribution in [3.05, 3.63) is 59.4 Å². The molecule has 1 N–H and O–H groups in total. The molecule has 220 valence electrons. The van der Waals surface area contributed by atoms with E-state index in [1.54, 1.807) is 51.4 Å². The van der Waals surface area contributed by atoms with Gasteiger partial charge in [-0.25, -0.2) is 13.6 Å². The van der Waals surface area contributed by atoms with Crippen LogP contribution in [-0.2, 0) is 20.7 Å². The molecule has 12 heteroatoms. The molecule has 42 heavy (non-hydrogen) atoms. The summed E-state index contributed by atoms with van der Waals surface area (Å²) in [5.41, 5.74) is 1.89. The molecule has 2 atom stereocenters. The topological polar surface area (TPSA) is 114 Å². The van der Waals surface area contributed by atoms with Crippen LogP contribution >= 0.6 is 0 Å². The lowest BCUT2D eigenvalue weighted by molar-refractivity contribution is -0.134. The molecule has 10 nitrogen and oxygen atoms in total. The second-order valence-electron chi connectivity index (χ2n) is 12.1. The number of hydrogen-bond acceptors (Lipinski definition) is 6. The molecule has 0 aliphatic carbocycles. The number of anilines is 1. The first-order valence-electron chi connectivity index (χ1n) is 13.9. The predicted molar refractivity (Wildman–Crippen MR) is 148 cm³/mol. The van der Waals surface area contributed by atoms with E-state index in [-0.39, 0.29) is 37.6 Å². The Morgan fingerprint density at radius 2 is 1.93 bits per heavy atom. The van der Waals surface area contributed by atoms with Gasteiger partial charge in [-0.15, -0.1) is 0 Å². The Bertz CT molecular complexity index is 1630. The molecule has 2 aromatic carbocycles. The van der Waals surface area contributed by atoms with Crippen LogP contribution in [0.3, 0.4) is 0 Å². The maximum atomic E-state index is 15.2. The van der Waals surface area contributed by atoms with E-state index >= 15 is 8.78 Å². The molecule has 3 aliphatic rings. The van der Waals surface area contributed by atoms with Crippen molar-refractivity contribution in [2.24, 2.45) is 0 Å². The second-order valence-corrected chi connectivity index (χ2v) is 12.1. The molecule has 0 saturated carbocycles. The molecular weight excluding hydrogens is 548 g/mol. The Balaban J connectivity index is 1.23. The molecule has 1 aromatic heterocycles. The van der Waals surface area contributed by atoms with Crippen molar-refractivity contribution in [2.75, 3.05) is 18.0 Å². The van der Waals surface area contributed by atoms with Crippen molar-refractivity contribution in [3.63, 3.8) is 0 Å². The molecule has 4 amide bonds. The Hall–Kier alpha value is -4.35. The number of imide groups is 1. The number of ether oxygens (including phenoxy) is 1. The van der Waals surface area contributed by atoms with Crippen molar-refractivity contribution in [2.45, 2.75) is 70.1 Å². The fraction of sp³-hybridized carbons (Fsp3) is 0.433. The van der Waals surface area contributed by atoms with Gasteiger partial charge in [-0.1, -0.05) is 18.2 Å². The highest BCUT2D eigenvalue weighted by Crippen LogP contribution is 2.42. The van der Waals surface area contributed by atoms with Crippen LogP contribution in [0.25, 0.3) is 10.8 Å². The van der Waals surface area contributed by atoms with Crippen molar-refractivity contribution < 1.29 is 32.7 Å². The fourth-order valence-electron chi connectivity index (χ4n) is 6.05. The van der Waals surface area contributed by atoms with Gasteiger partial charge in [0.1, 0.15) is 17.7 Å². The van der Waals surface area contributed by atoms with Crippen LogP contribution < -0.4 is 10.2 Å². The van der Waals surface area contributed by atoms with Gasteiger partial charge < -0.3 is 9.64 Å². The molecule has 0 spiro atoms. The largest absolute Gasteiger partial charge is 0.444 e. The highest BCUT2D eigenvalue weighted by atomic mass is 19.3. The number of hydrogen-bond donors (Lipinski definition) is 1. The van der Waals surface area contributed by atoms with Crippen LogP contribution in [-0.4, -0.2) is 69.2 Å². The zero-order valence-corrected chi connectivity index (χ0v) is 23.5. The molecule has 3 aromatic rings. The number of nitrogens with one attached hydrogen (secondary N) is 1. The Kier molecular flexibility index (Phi) is 6.54. The van der Waals surface area contributed by atoms with Gasteiger partial charge in [0.05, 0.1) is 18.4 Å². The molecule has 4 heterocycles. The highest BCUT2D eigenvalue weighted by molar-refractivity contribution is 6.27. The third kappa shape index (κ3) is 4.88. The average molecular weight is 580 g/mol. The maximum absolute atomic E-state index is 15.2. The number of carbonyl (C=O) groups is 4. The van der Waals surface area contributed by atoms with E-state index in [0.29, 0.717) is 23.2 Å². The van der Waals surface area contributed by atoms with E-state index in [4.69, 9.17) is 4.74 Å². The fourth-order valence-corrected chi connectivity index (χ4v) is 6.05. The number of likely N-dealkylation sites (tertiary alicyclic amines) is 1. The maximum Gasteiger partial charge on any atom is 0.410 e. The lowest BCUT2D eigenvalue weighted by Gasteiger charge is -2.38. The molecule has 2 saturated heterocycles. The van der Waals surface area contributed by atoms with E-state index in [1.165, 1.54) is 9.58 Å². The first-order valence-corrected chi connectivity index (χ1v) is 13.9. The summed E-state index contributed by atoms with van der Waals surface area (Å²) in [4.78, 5) is 52.5. The second kappa shape index (κ2) is 9.88. The highest BCUT2D eigenvalue weighted by Gasteiger charge is 2.48. The Morgan fingerprint density at radius 3 is 2.64 bits per heavy atom. The number of rotatable bonds is 4. The molecule has 6 rings (SSSR count). The van der Waals surface area contributed by atoms with Crippen LogP contribution in [0.1, 0.15) is 67.6 Å². The van der Waals surface area contributed by atoms with Gasteiger partial charge in [0, 0.05) is 36.5 Å². The first kappa shape index (κ1) is 27.8. The number of nitrogens with zero attached hydrogens (tertiary/aromatic N) is 4. The Morgan fingerprint density at radius 1 is 1.14 bits per heavy atom. The standard InChI is InChI=1S/C30H31F2N5O5/c1-29(2,3)42-28(41)35-12-11-23(30(31,32)16-35)36-15-17(14-33-36)13-18-7-8-21-25-19(18)5-4-6-20(25)27(40)37(21)22-9-10-24(38)34-26(22)39/h4-8,14-15,22-23H,9-13,16H2,1-3H3,(H,34,38,39)/t22?,23-/m1/s1. The van der Waals surface area contributed by atoms with Crippen LogP contribution in [0, 0.1) is 0 Å². The summed E-state index contributed by atoms with van der Waals surface area (Å²) in [5, 5.41) is 8.11. The molecule has 1 unspecified atom stereocenters. The summed E-state index contributed by atoms with van der Waals surface area (Å²) in [6, 6.07) is 7.05. The van der Waals surface area contributed by atoms with Crippen LogP contribution in [0.2, 0.25) is 0 Å². The minimum Gasteiger partial charge on any atom is -0.444 e. The summed E-state index contributed by atoms with van der Waals surface area (Å²) in [7, 11) is 0. The molecule has 0 radical (unpaired) electrons. The van der Waals surface area contributed by atoms with Gasteiger partial charge in [0.15, 0.2) is 0 Å². The van der Waals surface area contributed by atoms with Gasteiger partial charge in [-0.05, 0) is 62.3 Å². The van der Waals surface area contributed by atoms with Crippen LogP contribution in [0.4, 0.5) is 19.3 Å². The van der Waals surface area contributed by atoms with Crippen LogP contribution in [0.15, 0.2) is 42.7 Å². The number of amides is 4. The number of carbonyl (C=O) groups excluding carboxylic acids is 4. The Labute approximate surface area is 240 Å². The van der Waals surface area contributed by atoms with Crippen molar-refractivity contribution in [1.82, 2.24) is 20.0 Å². The predicted octanol–water partition coefficient (Wildman–Crippen LogP) is 4.21. The van der Waals surface area contributed by atoms with E-state index in [9.17, 15) is 19.2 Å². The monoisotopic (exact) mass is 579 g/mol. The van der Waals surface area contributed by atoms with E-state index < -0.39 is 42.2 Å². The number of halogens is 2. The smallest absolute Gasteiger partial charge is 0.410 e. The van der Waals surface area contributed by atoms with Crippen molar-refractivity contribution >= 4 is 40.3 Å². The minimum absolute atomic E-state index is 0.0205. The minimum atomic E-state index is -3.21. The lowest BCUT2D eigenvalue weighted by Crippen LogP contribution is -2.53. The molecule has 3 aliphatic heterocycles. The SMILES string of the molecule is CC(C)(C)OC(=O)N1CC[C@@H](n2cc(Cc3ccc4c5c(cccc35)C(=O)N4C3CCC(=O)NC3=O)cn2)C(F)(F)C1. The van der Waals surface area contributed by atoms with Gasteiger partial charge in [-0.3, -0.25) is 29.3 Å². The summed E-state index contributed by atoms with van der Waals surface area (Å²) >= 11 is 0. The average Bonchev–Trinajstić information content (AvgIpc) is 3.47. The first-order chi connectivity index (χ1) is 19.8. The normalized spacial score (nSPS) is 22.1. The number of piperidine rings is 2. The van der Waals surface area contributed by atoms with Crippen LogP contribution in [0.5, 0.6) is 0 Å².